The van der Waals surface area contributed by atoms with Gasteiger partial charge in [-0.2, -0.15) is 0 Å². The topological polar surface area (TPSA) is 79.5 Å². The van der Waals surface area contributed by atoms with Gasteiger partial charge in [-0.25, -0.2) is 4.98 Å². The lowest BCUT2D eigenvalue weighted by Crippen LogP contribution is -2.31. The number of aromatic nitrogens is 2. The van der Waals surface area contributed by atoms with Crippen molar-refractivity contribution in [3.05, 3.63) is 50.4 Å². The van der Waals surface area contributed by atoms with E-state index in [4.69, 9.17) is 21.1 Å². The Morgan fingerprint density at radius 2 is 2.27 bits per heavy atom. The molecule has 0 bridgehead atoms. The summed E-state index contributed by atoms with van der Waals surface area (Å²) in [5.41, 5.74) is 2.80. The summed E-state index contributed by atoms with van der Waals surface area (Å²) in [5.74, 6) is 0.494. The molecule has 4 rings (SSSR count). The predicted octanol–water partition coefficient (Wildman–Crippen LogP) is 3.57. The van der Waals surface area contributed by atoms with E-state index in [0.29, 0.717) is 22.3 Å². The van der Waals surface area contributed by atoms with Gasteiger partial charge in [-0.3, -0.25) is 4.79 Å². The van der Waals surface area contributed by atoms with Crippen molar-refractivity contribution in [2.75, 3.05) is 41.0 Å². The van der Waals surface area contributed by atoms with Crippen LogP contribution in [0, 0.1) is 0 Å². The van der Waals surface area contributed by atoms with Gasteiger partial charge >= 0.3 is 0 Å². The van der Waals surface area contributed by atoms with Gasteiger partial charge in [0, 0.05) is 37.2 Å². The lowest BCUT2D eigenvalue weighted by atomic mass is 10.1. The molecule has 2 atom stereocenters. The Balaban J connectivity index is 1.57. The van der Waals surface area contributed by atoms with E-state index in [-0.39, 0.29) is 12.0 Å². The number of hydrogen-bond acceptors (Lipinski definition) is 6. The largest absolute Gasteiger partial charge is 0.382 e. The highest BCUT2D eigenvalue weighted by Crippen LogP contribution is 2.33. The van der Waals surface area contributed by atoms with Crippen molar-refractivity contribution in [2.45, 2.75) is 18.6 Å². The molecular formula is C21H25ClN4O3S. The van der Waals surface area contributed by atoms with Gasteiger partial charge in [-0.15, -0.1) is 11.3 Å². The fourth-order valence-electron chi connectivity index (χ4n) is 3.72. The first-order chi connectivity index (χ1) is 14.5. The third-order valence-electron chi connectivity index (χ3n) is 5.31. The summed E-state index contributed by atoms with van der Waals surface area (Å²) in [6.45, 7) is 2.06. The van der Waals surface area contributed by atoms with E-state index in [1.165, 1.54) is 16.9 Å². The van der Waals surface area contributed by atoms with Crippen LogP contribution in [0.15, 0.2) is 24.3 Å². The average Bonchev–Trinajstić information content (AvgIpc) is 3.30. The SMILES string of the molecule is COC[C@H](NC(=O)c1cc2c(s1)C(OC)CN(C)CC2)c1nc2ccc(Cl)cc2[nH]1. The van der Waals surface area contributed by atoms with Gasteiger partial charge in [0.15, 0.2) is 0 Å². The van der Waals surface area contributed by atoms with Gasteiger partial charge in [0.05, 0.1) is 22.5 Å². The Morgan fingerprint density at radius 3 is 3.03 bits per heavy atom. The standard InChI is InChI=1S/C21H25ClN4O3S/c1-26-7-6-12-8-18(30-19(12)17(10-26)29-3)21(27)25-16(11-28-2)20-23-14-5-4-13(22)9-15(14)24-20/h4-5,8-9,16-17H,6-7,10-11H2,1-3H3,(H,23,24)(H,25,27)/t16-,17?/m0/s1. The number of methoxy groups -OCH3 is 2. The van der Waals surface area contributed by atoms with Crippen LogP contribution in [-0.4, -0.2) is 61.7 Å². The molecule has 3 heterocycles. The highest BCUT2D eigenvalue weighted by molar-refractivity contribution is 7.14. The molecule has 1 unspecified atom stereocenters. The monoisotopic (exact) mass is 448 g/mol. The summed E-state index contributed by atoms with van der Waals surface area (Å²) in [6, 6.07) is 7.04. The lowest BCUT2D eigenvalue weighted by Gasteiger charge is -2.18. The third kappa shape index (κ3) is 4.38. The van der Waals surface area contributed by atoms with E-state index in [2.05, 4.69) is 27.2 Å². The molecule has 0 saturated carbocycles. The van der Waals surface area contributed by atoms with Crippen LogP contribution in [0.25, 0.3) is 11.0 Å². The summed E-state index contributed by atoms with van der Waals surface area (Å²) in [5, 5.41) is 3.69. The maximum absolute atomic E-state index is 13.1. The van der Waals surface area contributed by atoms with Crippen molar-refractivity contribution < 1.29 is 14.3 Å². The van der Waals surface area contributed by atoms with E-state index in [1.807, 2.05) is 18.2 Å². The average molecular weight is 449 g/mol. The molecule has 0 aliphatic carbocycles. The summed E-state index contributed by atoms with van der Waals surface area (Å²) < 4.78 is 11.0. The number of fused-ring (bicyclic) bond motifs is 2. The van der Waals surface area contributed by atoms with E-state index in [0.717, 1.165) is 35.4 Å². The van der Waals surface area contributed by atoms with Gasteiger partial charge in [-0.1, -0.05) is 11.6 Å². The molecule has 0 spiro atoms. The number of nitrogens with one attached hydrogen (secondary N) is 2. The van der Waals surface area contributed by atoms with Gasteiger partial charge in [0.25, 0.3) is 5.91 Å². The number of benzene rings is 1. The number of aromatic amines is 1. The second kappa shape index (κ2) is 9.03. The fourth-order valence-corrected chi connectivity index (χ4v) is 5.08. The van der Waals surface area contributed by atoms with Crippen LogP contribution in [-0.2, 0) is 15.9 Å². The van der Waals surface area contributed by atoms with Crippen LogP contribution in [0.1, 0.15) is 38.1 Å². The molecule has 0 fully saturated rings. The molecule has 3 aromatic rings. The van der Waals surface area contributed by atoms with Crippen LogP contribution in [0.2, 0.25) is 5.02 Å². The van der Waals surface area contributed by atoms with E-state index in [1.54, 1.807) is 20.3 Å². The summed E-state index contributed by atoms with van der Waals surface area (Å²) >= 11 is 7.57. The van der Waals surface area contributed by atoms with Crippen LogP contribution in [0.4, 0.5) is 0 Å². The molecule has 0 radical (unpaired) electrons. The highest BCUT2D eigenvalue weighted by atomic mass is 35.5. The minimum absolute atomic E-state index is 0.0195. The second-order valence-electron chi connectivity index (χ2n) is 7.50. The maximum atomic E-state index is 13.1. The second-order valence-corrected chi connectivity index (χ2v) is 9.02. The molecule has 1 aliphatic heterocycles. The quantitative estimate of drug-likeness (QED) is 0.602. The lowest BCUT2D eigenvalue weighted by molar-refractivity contribution is 0.0786. The van der Waals surface area contributed by atoms with Gasteiger partial charge in [0.1, 0.15) is 18.0 Å². The molecule has 160 valence electrons. The normalized spacial score (nSPS) is 18.2. The maximum Gasteiger partial charge on any atom is 0.262 e. The number of H-pyrrole nitrogens is 1. The Labute approximate surface area is 184 Å². The smallest absolute Gasteiger partial charge is 0.262 e. The first-order valence-electron chi connectivity index (χ1n) is 9.77. The number of carbonyl (C=O) groups is 1. The summed E-state index contributed by atoms with van der Waals surface area (Å²) in [4.78, 5) is 25.0. The summed E-state index contributed by atoms with van der Waals surface area (Å²) in [7, 11) is 5.41. The zero-order valence-electron chi connectivity index (χ0n) is 17.2. The molecule has 0 saturated heterocycles. The number of nitrogens with zero attached hydrogens (tertiary/aromatic N) is 2. The number of rotatable bonds is 6. The van der Waals surface area contributed by atoms with Crippen molar-refractivity contribution in [3.63, 3.8) is 0 Å². The first kappa shape index (κ1) is 21.3. The number of carbonyl (C=O) groups excluding carboxylic acids is 1. The van der Waals surface area contributed by atoms with Gasteiger partial charge in [0.2, 0.25) is 0 Å². The minimum Gasteiger partial charge on any atom is -0.382 e. The molecular weight excluding hydrogens is 424 g/mol. The third-order valence-corrected chi connectivity index (χ3v) is 6.82. The first-order valence-corrected chi connectivity index (χ1v) is 11.0. The van der Waals surface area contributed by atoms with Crippen molar-refractivity contribution >= 4 is 39.9 Å². The fraction of sp³-hybridized carbons (Fsp3) is 0.429. The zero-order valence-corrected chi connectivity index (χ0v) is 18.8. The predicted molar refractivity (Wildman–Crippen MR) is 118 cm³/mol. The highest BCUT2D eigenvalue weighted by Gasteiger charge is 2.27. The Morgan fingerprint density at radius 1 is 1.43 bits per heavy atom. The van der Waals surface area contributed by atoms with E-state index >= 15 is 0 Å². The van der Waals surface area contributed by atoms with Gasteiger partial charge < -0.3 is 24.7 Å². The number of thiophene rings is 1. The Hall–Kier alpha value is -1.97. The number of amides is 1. The van der Waals surface area contributed by atoms with Crippen molar-refractivity contribution in [1.82, 2.24) is 20.2 Å². The number of hydrogen-bond donors (Lipinski definition) is 2. The van der Waals surface area contributed by atoms with Crippen LogP contribution < -0.4 is 5.32 Å². The van der Waals surface area contributed by atoms with Crippen LogP contribution in [0.3, 0.4) is 0 Å². The number of ether oxygens (including phenoxy) is 2. The van der Waals surface area contributed by atoms with Crippen molar-refractivity contribution in [2.24, 2.45) is 0 Å². The summed E-state index contributed by atoms with van der Waals surface area (Å²) in [6.07, 6.45) is 0.885. The molecule has 1 amide bonds. The van der Waals surface area contributed by atoms with E-state index in [9.17, 15) is 4.79 Å². The van der Waals surface area contributed by atoms with Crippen LogP contribution >= 0.6 is 22.9 Å². The van der Waals surface area contributed by atoms with Crippen molar-refractivity contribution in [1.29, 1.82) is 0 Å². The molecule has 7 nitrogen and oxygen atoms in total. The van der Waals surface area contributed by atoms with Gasteiger partial charge in [-0.05, 0) is 43.3 Å². The molecule has 9 heteroatoms. The molecule has 2 aromatic heterocycles. The molecule has 1 aliphatic rings. The minimum atomic E-state index is -0.403. The molecule has 1 aromatic carbocycles. The molecule has 2 N–H and O–H groups in total. The molecule has 30 heavy (non-hydrogen) atoms. The van der Waals surface area contributed by atoms with Crippen LogP contribution in [0.5, 0.6) is 0 Å². The zero-order chi connectivity index (χ0) is 21.3. The number of halogens is 1. The number of likely N-dealkylation sites (N-methyl/N-ethyl adjacent to an activating group) is 1. The number of imidazole rings is 1. The van der Waals surface area contributed by atoms with Crippen molar-refractivity contribution in [3.8, 4) is 0 Å². The van der Waals surface area contributed by atoms with E-state index < -0.39 is 6.04 Å². The Kier molecular flexibility index (Phi) is 6.40. The Bertz CT molecular complexity index is 1050.